The van der Waals surface area contributed by atoms with Gasteiger partial charge in [-0.2, -0.15) is 0 Å². The van der Waals surface area contributed by atoms with Crippen LogP contribution in [0.5, 0.6) is 17.2 Å². The number of aromatic hydroxyl groups is 1. The van der Waals surface area contributed by atoms with Gasteiger partial charge >= 0.3 is 5.97 Å². The van der Waals surface area contributed by atoms with Crippen LogP contribution in [-0.2, 0) is 4.79 Å². The number of carboxylic acids is 1. The van der Waals surface area contributed by atoms with Gasteiger partial charge in [-0.3, -0.25) is 0 Å². The highest BCUT2D eigenvalue weighted by Gasteiger charge is 2.12. The van der Waals surface area contributed by atoms with Crippen LogP contribution < -0.4 is 9.47 Å². The third-order valence-electron chi connectivity index (χ3n) is 2.84. The van der Waals surface area contributed by atoms with E-state index in [0.29, 0.717) is 17.9 Å². The van der Waals surface area contributed by atoms with Crippen LogP contribution >= 0.6 is 0 Å². The number of hydrogen-bond donors (Lipinski definition) is 2. The molecule has 0 saturated carbocycles. The molecule has 23 heavy (non-hydrogen) atoms. The van der Waals surface area contributed by atoms with Crippen molar-refractivity contribution in [2.45, 2.75) is 0 Å². The molecular weight excluding hydrogens is 296 g/mol. The van der Waals surface area contributed by atoms with E-state index in [4.69, 9.17) is 9.47 Å². The molecule has 0 aliphatic heterocycles. The number of ether oxygens (including phenoxy) is 2. The van der Waals surface area contributed by atoms with Crippen LogP contribution in [0, 0.1) is 0 Å². The Kier molecular flexibility index (Phi) is 5.41. The first-order valence-corrected chi connectivity index (χ1v) is 6.84. The lowest BCUT2D eigenvalue weighted by Crippen LogP contribution is -2.07. The lowest BCUT2D eigenvalue weighted by Gasteiger charge is -2.08. The third kappa shape index (κ3) is 4.64. The molecule has 0 unspecified atom stereocenters. The number of benzene rings is 2. The van der Waals surface area contributed by atoms with Gasteiger partial charge in [0.15, 0.2) is 11.5 Å². The molecule has 0 bridgehead atoms. The summed E-state index contributed by atoms with van der Waals surface area (Å²) in [6.07, 6.45) is 3.00. The molecule has 5 heteroatoms. The Morgan fingerprint density at radius 1 is 1.13 bits per heavy atom. The van der Waals surface area contributed by atoms with Gasteiger partial charge in [0, 0.05) is 0 Å². The first kappa shape index (κ1) is 16.2. The predicted molar refractivity (Wildman–Crippen MR) is 86.5 cm³/mol. The van der Waals surface area contributed by atoms with Crippen LogP contribution in [0.4, 0.5) is 0 Å². The Bertz CT molecular complexity index is 716. The number of phenols is 1. The molecule has 2 aromatic rings. The zero-order valence-electron chi connectivity index (χ0n) is 12.3. The lowest BCUT2D eigenvalue weighted by atomic mass is 10.2. The molecular formula is C18H16O5. The largest absolute Gasteiger partial charge is 0.504 e. The van der Waals surface area contributed by atoms with Crippen molar-refractivity contribution in [3.63, 3.8) is 0 Å². The predicted octanol–water partition coefficient (Wildman–Crippen LogP) is 3.46. The first-order valence-electron chi connectivity index (χ1n) is 6.84. The standard InChI is InChI=1S/C18H16O5/c1-2-11-22-14-9-7-13(8-10-14)12-17(18(20)21)23-16-6-4-3-5-15(16)19/h2-10,12,19H,1,11H2,(H,20,21). The average molecular weight is 312 g/mol. The molecule has 0 aliphatic carbocycles. The summed E-state index contributed by atoms with van der Waals surface area (Å²) in [6, 6.07) is 13.0. The van der Waals surface area contributed by atoms with E-state index >= 15 is 0 Å². The quantitative estimate of drug-likeness (QED) is 0.465. The van der Waals surface area contributed by atoms with Crippen LogP contribution in [0.2, 0.25) is 0 Å². The molecule has 2 aromatic carbocycles. The molecule has 0 aliphatic rings. The molecule has 0 saturated heterocycles. The van der Waals surface area contributed by atoms with Gasteiger partial charge in [0.25, 0.3) is 0 Å². The van der Waals surface area contributed by atoms with E-state index in [1.807, 2.05) is 0 Å². The zero-order chi connectivity index (χ0) is 16.7. The zero-order valence-corrected chi connectivity index (χ0v) is 12.3. The minimum Gasteiger partial charge on any atom is -0.504 e. The van der Waals surface area contributed by atoms with Gasteiger partial charge in [-0.05, 0) is 35.9 Å². The highest BCUT2D eigenvalue weighted by atomic mass is 16.5. The number of carbonyl (C=O) groups is 1. The molecule has 0 amide bonds. The van der Waals surface area contributed by atoms with E-state index in [9.17, 15) is 15.0 Å². The van der Waals surface area contributed by atoms with Crippen LogP contribution in [0.1, 0.15) is 5.56 Å². The number of rotatable bonds is 7. The van der Waals surface area contributed by atoms with Gasteiger partial charge in [-0.1, -0.05) is 36.9 Å². The van der Waals surface area contributed by atoms with E-state index in [1.54, 1.807) is 42.5 Å². The lowest BCUT2D eigenvalue weighted by molar-refractivity contribution is -0.134. The summed E-state index contributed by atoms with van der Waals surface area (Å²) in [5.74, 6) is -0.938. The smallest absolute Gasteiger partial charge is 0.371 e. The number of para-hydroxylation sites is 2. The Morgan fingerprint density at radius 2 is 1.83 bits per heavy atom. The van der Waals surface area contributed by atoms with Crippen LogP contribution in [0.25, 0.3) is 6.08 Å². The molecule has 0 fully saturated rings. The summed E-state index contributed by atoms with van der Waals surface area (Å²) < 4.78 is 10.6. The van der Waals surface area contributed by atoms with E-state index in [0.717, 1.165) is 0 Å². The molecule has 0 spiro atoms. The Balaban J connectivity index is 2.20. The monoisotopic (exact) mass is 312 g/mol. The molecule has 0 atom stereocenters. The summed E-state index contributed by atoms with van der Waals surface area (Å²) in [5.41, 5.74) is 0.628. The van der Waals surface area contributed by atoms with Crippen molar-refractivity contribution in [1.29, 1.82) is 0 Å². The van der Waals surface area contributed by atoms with Crippen molar-refractivity contribution in [3.05, 3.63) is 72.5 Å². The van der Waals surface area contributed by atoms with Crippen molar-refractivity contribution in [2.75, 3.05) is 6.61 Å². The van der Waals surface area contributed by atoms with Gasteiger partial charge in [-0.25, -0.2) is 4.79 Å². The number of hydrogen-bond acceptors (Lipinski definition) is 4. The highest BCUT2D eigenvalue weighted by Crippen LogP contribution is 2.27. The van der Waals surface area contributed by atoms with Gasteiger partial charge in [0.1, 0.15) is 12.4 Å². The molecule has 2 rings (SSSR count). The maximum Gasteiger partial charge on any atom is 0.371 e. The molecule has 0 radical (unpaired) electrons. The fraction of sp³-hybridized carbons (Fsp3) is 0.0556. The van der Waals surface area contributed by atoms with E-state index in [1.165, 1.54) is 18.2 Å². The Labute approximate surface area is 133 Å². The summed E-state index contributed by atoms with van der Waals surface area (Å²) >= 11 is 0. The second-order valence-corrected chi connectivity index (χ2v) is 4.55. The highest BCUT2D eigenvalue weighted by molar-refractivity contribution is 5.90. The third-order valence-corrected chi connectivity index (χ3v) is 2.84. The summed E-state index contributed by atoms with van der Waals surface area (Å²) in [5, 5.41) is 18.9. The van der Waals surface area contributed by atoms with Crippen LogP contribution in [-0.4, -0.2) is 22.8 Å². The van der Waals surface area contributed by atoms with Crippen molar-refractivity contribution in [2.24, 2.45) is 0 Å². The SMILES string of the molecule is C=CCOc1ccc(C=C(Oc2ccccc2O)C(=O)O)cc1. The van der Waals surface area contributed by atoms with Crippen LogP contribution in [0.3, 0.4) is 0 Å². The van der Waals surface area contributed by atoms with Gasteiger partial charge in [0.2, 0.25) is 5.76 Å². The summed E-state index contributed by atoms with van der Waals surface area (Å²) in [7, 11) is 0. The Hall–Kier alpha value is -3.21. The van der Waals surface area contributed by atoms with E-state index in [2.05, 4.69) is 6.58 Å². The summed E-state index contributed by atoms with van der Waals surface area (Å²) in [6.45, 7) is 3.96. The molecule has 118 valence electrons. The number of phenolic OH excluding ortho intramolecular Hbond substituents is 1. The minimum absolute atomic E-state index is 0.0760. The maximum absolute atomic E-state index is 11.3. The average Bonchev–Trinajstić information content (AvgIpc) is 2.55. The Morgan fingerprint density at radius 3 is 2.43 bits per heavy atom. The van der Waals surface area contributed by atoms with Gasteiger partial charge in [-0.15, -0.1) is 0 Å². The van der Waals surface area contributed by atoms with Gasteiger partial charge < -0.3 is 19.7 Å². The van der Waals surface area contributed by atoms with Crippen molar-refractivity contribution in [3.8, 4) is 17.2 Å². The first-order chi connectivity index (χ1) is 11.1. The van der Waals surface area contributed by atoms with Gasteiger partial charge in [0.05, 0.1) is 0 Å². The maximum atomic E-state index is 11.3. The molecule has 5 nitrogen and oxygen atoms in total. The van der Waals surface area contributed by atoms with Crippen molar-refractivity contribution >= 4 is 12.0 Å². The fourth-order valence-corrected chi connectivity index (χ4v) is 1.76. The number of aliphatic carboxylic acids is 1. The van der Waals surface area contributed by atoms with Crippen molar-refractivity contribution < 1.29 is 24.5 Å². The fourth-order valence-electron chi connectivity index (χ4n) is 1.76. The molecule has 2 N–H and O–H groups in total. The normalized spacial score (nSPS) is 10.9. The molecule has 0 heterocycles. The molecule has 0 aromatic heterocycles. The minimum atomic E-state index is -1.24. The second-order valence-electron chi connectivity index (χ2n) is 4.55. The van der Waals surface area contributed by atoms with Crippen LogP contribution in [0.15, 0.2) is 66.9 Å². The summed E-state index contributed by atoms with van der Waals surface area (Å²) in [4.78, 5) is 11.3. The number of carboxylic acid groups (broad SMARTS) is 1. The van der Waals surface area contributed by atoms with Crippen molar-refractivity contribution in [1.82, 2.24) is 0 Å². The second kappa shape index (κ2) is 7.70. The van der Waals surface area contributed by atoms with E-state index < -0.39 is 5.97 Å². The topological polar surface area (TPSA) is 76.0 Å². The van der Waals surface area contributed by atoms with E-state index in [-0.39, 0.29) is 17.3 Å².